The van der Waals surface area contributed by atoms with Crippen molar-refractivity contribution in [3.8, 4) is 22.4 Å². The largest absolute Gasteiger partial charge is 0.462 e. The molecule has 0 saturated carbocycles. The first-order chi connectivity index (χ1) is 12.1. The number of carbonyl (C=O) groups excluding carboxylic acids is 1. The van der Waals surface area contributed by atoms with E-state index in [1.807, 2.05) is 36.4 Å². The molecule has 4 heteroatoms. The van der Waals surface area contributed by atoms with Gasteiger partial charge < -0.3 is 4.74 Å². The first kappa shape index (κ1) is 16.8. The maximum atomic E-state index is 14.8. The van der Waals surface area contributed by atoms with Crippen molar-refractivity contribution in [3.63, 3.8) is 0 Å². The second-order valence-electron chi connectivity index (χ2n) is 5.64. The molecule has 0 aliphatic heterocycles. The zero-order valence-corrected chi connectivity index (χ0v) is 14.1. The van der Waals surface area contributed by atoms with E-state index >= 15 is 0 Å². The summed E-state index contributed by atoms with van der Waals surface area (Å²) in [6.45, 7) is 3.80. The maximum Gasteiger partial charge on any atom is 0.339 e. The van der Waals surface area contributed by atoms with Crippen LogP contribution in [-0.2, 0) is 4.74 Å². The van der Waals surface area contributed by atoms with E-state index in [1.54, 1.807) is 32.0 Å². The molecule has 0 atom stereocenters. The van der Waals surface area contributed by atoms with Crippen LogP contribution in [0.3, 0.4) is 0 Å². The summed E-state index contributed by atoms with van der Waals surface area (Å²) in [5, 5.41) is 0. The number of hydrogen-bond acceptors (Lipinski definition) is 3. The highest BCUT2D eigenvalue weighted by molar-refractivity contribution is 5.90. The molecule has 3 nitrogen and oxygen atoms in total. The summed E-state index contributed by atoms with van der Waals surface area (Å²) in [6, 6.07) is 16.3. The number of carbonyl (C=O) groups is 1. The van der Waals surface area contributed by atoms with Gasteiger partial charge in [-0.2, -0.15) is 0 Å². The quantitative estimate of drug-likeness (QED) is 0.627. The normalized spacial score (nSPS) is 10.5. The van der Waals surface area contributed by atoms with Crippen molar-refractivity contribution in [1.82, 2.24) is 4.98 Å². The van der Waals surface area contributed by atoms with Gasteiger partial charge in [0.15, 0.2) is 0 Å². The third kappa shape index (κ3) is 3.43. The number of rotatable bonds is 4. The third-order valence-corrected chi connectivity index (χ3v) is 3.95. The lowest BCUT2D eigenvalue weighted by molar-refractivity contribution is 0.0526. The predicted octanol–water partition coefficient (Wildman–Crippen LogP) is 5.04. The molecule has 0 saturated heterocycles. The maximum absolute atomic E-state index is 14.8. The molecule has 0 bridgehead atoms. The Hall–Kier alpha value is -3.01. The van der Waals surface area contributed by atoms with E-state index in [1.165, 1.54) is 6.20 Å². The molecule has 0 aliphatic rings. The van der Waals surface area contributed by atoms with Gasteiger partial charge in [-0.1, -0.05) is 42.5 Å². The predicted molar refractivity (Wildman–Crippen MR) is 95.8 cm³/mol. The highest BCUT2D eigenvalue weighted by Gasteiger charge is 2.16. The molecule has 0 N–H and O–H groups in total. The molecule has 0 amide bonds. The Balaban J connectivity index is 2.09. The fraction of sp³-hybridized carbons (Fsp3) is 0.143. The van der Waals surface area contributed by atoms with E-state index in [0.29, 0.717) is 34.6 Å². The van der Waals surface area contributed by atoms with Crippen LogP contribution in [0, 0.1) is 12.7 Å². The van der Waals surface area contributed by atoms with Crippen molar-refractivity contribution in [2.75, 3.05) is 6.61 Å². The number of pyridine rings is 1. The Labute approximate surface area is 146 Å². The topological polar surface area (TPSA) is 39.2 Å². The van der Waals surface area contributed by atoms with E-state index in [9.17, 15) is 9.18 Å². The van der Waals surface area contributed by atoms with Crippen molar-refractivity contribution in [2.45, 2.75) is 13.8 Å². The van der Waals surface area contributed by atoms with Crippen molar-refractivity contribution in [3.05, 3.63) is 77.7 Å². The van der Waals surface area contributed by atoms with Crippen LogP contribution in [0.1, 0.15) is 22.8 Å². The summed E-state index contributed by atoms with van der Waals surface area (Å²) in [5.41, 5.74) is 3.53. The van der Waals surface area contributed by atoms with Gasteiger partial charge in [-0.25, -0.2) is 9.18 Å². The third-order valence-electron chi connectivity index (χ3n) is 3.95. The van der Waals surface area contributed by atoms with Gasteiger partial charge in [-0.15, -0.1) is 0 Å². The van der Waals surface area contributed by atoms with Gasteiger partial charge in [0.1, 0.15) is 5.82 Å². The van der Waals surface area contributed by atoms with Gasteiger partial charge in [-0.05, 0) is 37.1 Å². The smallest absolute Gasteiger partial charge is 0.339 e. The van der Waals surface area contributed by atoms with Gasteiger partial charge in [0.25, 0.3) is 0 Å². The lowest BCUT2D eigenvalue weighted by Gasteiger charge is -2.13. The second kappa shape index (κ2) is 7.26. The van der Waals surface area contributed by atoms with Crippen molar-refractivity contribution < 1.29 is 13.9 Å². The molecule has 0 aliphatic carbocycles. The number of benzene rings is 2. The zero-order chi connectivity index (χ0) is 17.8. The Morgan fingerprint density at radius 1 is 1.08 bits per heavy atom. The number of halogens is 1. The standard InChI is InChI=1S/C21H18FNO2/c1-3-25-21(24)16-10-12-18(23-13-16)17-11-9-14(2)20(22)19(17)15-7-5-4-6-8-15/h4-13H,3H2,1-2H3. The number of aromatic nitrogens is 1. The fourth-order valence-corrected chi connectivity index (χ4v) is 2.67. The minimum absolute atomic E-state index is 0.264. The fourth-order valence-electron chi connectivity index (χ4n) is 2.67. The molecule has 25 heavy (non-hydrogen) atoms. The van der Waals surface area contributed by atoms with Gasteiger partial charge in [0.05, 0.1) is 17.9 Å². The Morgan fingerprint density at radius 2 is 1.84 bits per heavy atom. The molecule has 2 aromatic carbocycles. The summed E-state index contributed by atoms with van der Waals surface area (Å²) >= 11 is 0. The molecule has 126 valence electrons. The molecule has 3 aromatic rings. The number of hydrogen-bond donors (Lipinski definition) is 0. The van der Waals surface area contributed by atoms with Gasteiger partial charge in [0.2, 0.25) is 0 Å². The Kier molecular flexibility index (Phi) is 4.89. The van der Waals surface area contributed by atoms with Crippen LogP contribution in [0.2, 0.25) is 0 Å². The van der Waals surface area contributed by atoms with E-state index in [2.05, 4.69) is 4.98 Å². The number of aryl methyl sites for hydroxylation is 1. The molecular formula is C21H18FNO2. The van der Waals surface area contributed by atoms with Crippen LogP contribution in [0.25, 0.3) is 22.4 Å². The first-order valence-corrected chi connectivity index (χ1v) is 8.10. The summed E-state index contributed by atoms with van der Waals surface area (Å²) in [7, 11) is 0. The van der Waals surface area contributed by atoms with Crippen LogP contribution in [0.4, 0.5) is 4.39 Å². The highest BCUT2D eigenvalue weighted by Crippen LogP contribution is 2.34. The van der Waals surface area contributed by atoms with E-state index < -0.39 is 5.97 Å². The van der Waals surface area contributed by atoms with Gasteiger partial charge in [0, 0.05) is 17.3 Å². The lowest BCUT2D eigenvalue weighted by atomic mass is 9.94. The molecule has 0 unspecified atom stereocenters. The van der Waals surface area contributed by atoms with Crippen LogP contribution in [-0.4, -0.2) is 17.6 Å². The highest BCUT2D eigenvalue weighted by atomic mass is 19.1. The summed E-state index contributed by atoms with van der Waals surface area (Å²) in [6.07, 6.45) is 1.46. The molecule has 0 radical (unpaired) electrons. The lowest BCUT2D eigenvalue weighted by Crippen LogP contribution is -2.05. The average Bonchev–Trinajstić information content (AvgIpc) is 2.65. The van der Waals surface area contributed by atoms with E-state index in [4.69, 9.17) is 4.74 Å². The number of ether oxygens (including phenoxy) is 1. The minimum Gasteiger partial charge on any atom is -0.462 e. The van der Waals surface area contributed by atoms with E-state index in [0.717, 1.165) is 5.56 Å². The van der Waals surface area contributed by atoms with Crippen molar-refractivity contribution in [2.24, 2.45) is 0 Å². The van der Waals surface area contributed by atoms with Gasteiger partial charge in [-0.3, -0.25) is 4.98 Å². The van der Waals surface area contributed by atoms with Crippen LogP contribution in [0.5, 0.6) is 0 Å². The molecule has 0 spiro atoms. The molecule has 0 fully saturated rings. The summed E-state index contributed by atoms with van der Waals surface area (Å²) in [4.78, 5) is 16.1. The second-order valence-corrected chi connectivity index (χ2v) is 5.64. The van der Waals surface area contributed by atoms with E-state index in [-0.39, 0.29) is 5.82 Å². The summed E-state index contributed by atoms with van der Waals surface area (Å²) in [5.74, 6) is -0.681. The van der Waals surface area contributed by atoms with Crippen LogP contribution < -0.4 is 0 Å². The SMILES string of the molecule is CCOC(=O)c1ccc(-c2ccc(C)c(F)c2-c2ccccc2)nc1. The van der Waals surface area contributed by atoms with Gasteiger partial charge >= 0.3 is 5.97 Å². The van der Waals surface area contributed by atoms with Crippen LogP contribution in [0.15, 0.2) is 60.8 Å². The zero-order valence-electron chi connectivity index (χ0n) is 14.1. The Morgan fingerprint density at radius 3 is 2.48 bits per heavy atom. The minimum atomic E-state index is -0.417. The summed E-state index contributed by atoms with van der Waals surface area (Å²) < 4.78 is 19.8. The molecule has 1 aromatic heterocycles. The first-order valence-electron chi connectivity index (χ1n) is 8.10. The number of nitrogens with zero attached hydrogens (tertiary/aromatic N) is 1. The monoisotopic (exact) mass is 335 g/mol. The van der Waals surface area contributed by atoms with Crippen LogP contribution >= 0.6 is 0 Å². The molecular weight excluding hydrogens is 317 g/mol. The van der Waals surface area contributed by atoms with Crippen molar-refractivity contribution >= 4 is 5.97 Å². The Bertz CT molecular complexity index is 890. The molecule has 3 rings (SSSR count). The number of esters is 1. The molecule has 1 heterocycles. The average molecular weight is 335 g/mol. The van der Waals surface area contributed by atoms with Crippen molar-refractivity contribution in [1.29, 1.82) is 0 Å².